The Balaban J connectivity index is 1.83. The van der Waals surface area contributed by atoms with Gasteiger partial charge in [-0.1, -0.05) is 36.4 Å². The zero-order valence-corrected chi connectivity index (χ0v) is 11.9. The first-order valence-electron chi connectivity index (χ1n) is 7.08. The Bertz CT molecular complexity index is 588. The third-order valence-corrected chi connectivity index (χ3v) is 4.03. The monoisotopic (exact) mass is 286 g/mol. The maximum absolute atomic E-state index is 12.0. The van der Waals surface area contributed by atoms with Gasteiger partial charge in [0.1, 0.15) is 11.9 Å². The van der Waals surface area contributed by atoms with Gasteiger partial charge in [-0.2, -0.15) is 0 Å². The molecule has 21 heavy (non-hydrogen) atoms. The van der Waals surface area contributed by atoms with Gasteiger partial charge < -0.3 is 14.6 Å². The molecule has 0 saturated carbocycles. The zero-order valence-electron chi connectivity index (χ0n) is 11.9. The van der Waals surface area contributed by atoms with Crippen molar-refractivity contribution >= 4 is 5.97 Å². The van der Waals surface area contributed by atoms with Crippen molar-refractivity contribution in [2.45, 2.75) is 25.0 Å². The van der Waals surface area contributed by atoms with Crippen LogP contribution in [0.1, 0.15) is 24.5 Å². The highest BCUT2D eigenvalue weighted by Crippen LogP contribution is 2.41. The number of benzene rings is 1. The number of methoxy groups -OCH3 is 1. The molecular formula is C17H18O4. The van der Waals surface area contributed by atoms with Crippen LogP contribution in [0.5, 0.6) is 0 Å². The number of aliphatic hydroxyl groups excluding tert-OH is 1. The summed E-state index contributed by atoms with van der Waals surface area (Å²) >= 11 is 0. The number of esters is 1. The minimum absolute atomic E-state index is 0.0235. The Hall–Kier alpha value is -2.07. The lowest BCUT2D eigenvalue weighted by Gasteiger charge is -2.14. The van der Waals surface area contributed by atoms with Crippen molar-refractivity contribution in [3.63, 3.8) is 0 Å². The molecule has 0 amide bonds. The summed E-state index contributed by atoms with van der Waals surface area (Å²) < 4.78 is 10.7. The van der Waals surface area contributed by atoms with E-state index in [1.54, 1.807) is 0 Å². The van der Waals surface area contributed by atoms with Crippen molar-refractivity contribution in [2.75, 3.05) is 7.11 Å². The molecule has 0 aromatic heterocycles. The summed E-state index contributed by atoms with van der Waals surface area (Å²) in [4.78, 5) is 12.0. The number of carbonyl (C=O) groups excluding carboxylic acids is 1. The fourth-order valence-corrected chi connectivity index (χ4v) is 2.97. The normalized spacial score (nSPS) is 24.7. The molecule has 0 radical (unpaired) electrons. The summed E-state index contributed by atoms with van der Waals surface area (Å²) in [5.74, 6) is 0.217. The highest BCUT2D eigenvalue weighted by molar-refractivity contribution is 5.90. The maximum atomic E-state index is 12.0. The van der Waals surface area contributed by atoms with Crippen LogP contribution in [0.2, 0.25) is 0 Å². The highest BCUT2D eigenvalue weighted by Gasteiger charge is 2.41. The van der Waals surface area contributed by atoms with Crippen LogP contribution in [0.25, 0.3) is 0 Å². The second-order valence-electron chi connectivity index (χ2n) is 5.31. The number of allylic oxidation sites excluding steroid dienone is 1. The zero-order chi connectivity index (χ0) is 14.8. The molecule has 0 fully saturated rings. The van der Waals surface area contributed by atoms with Crippen molar-refractivity contribution < 1.29 is 19.4 Å². The molecule has 1 heterocycles. The summed E-state index contributed by atoms with van der Waals surface area (Å²) in [6.07, 6.45) is 4.26. The van der Waals surface area contributed by atoms with Gasteiger partial charge in [-0.3, -0.25) is 0 Å². The number of fused-ring (bicyclic) bond motifs is 1. The number of rotatable bonds is 4. The van der Waals surface area contributed by atoms with E-state index in [9.17, 15) is 9.90 Å². The van der Waals surface area contributed by atoms with Crippen molar-refractivity contribution in [1.82, 2.24) is 0 Å². The molecule has 1 unspecified atom stereocenters. The van der Waals surface area contributed by atoms with Gasteiger partial charge in [-0.15, -0.1) is 0 Å². The molecule has 0 saturated heterocycles. The molecule has 4 nitrogen and oxygen atoms in total. The Kier molecular flexibility index (Phi) is 3.80. The van der Waals surface area contributed by atoms with Crippen LogP contribution >= 0.6 is 0 Å². The molecule has 1 aromatic rings. The van der Waals surface area contributed by atoms with Gasteiger partial charge in [-0.05, 0) is 18.1 Å². The molecule has 1 aliphatic heterocycles. The summed E-state index contributed by atoms with van der Waals surface area (Å²) in [6.45, 7) is 0. The summed E-state index contributed by atoms with van der Waals surface area (Å²) in [5.41, 5.74) is 1.38. The lowest BCUT2D eigenvalue weighted by Crippen LogP contribution is -2.16. The van der Waals surface area contributed by atoms with E-state index in [0.29, 0.717) is 11.3 Å². The van der Waals surface area contributed by atoms with Crippen molar-refractivity contribution in [3.05, 3.63) is 59.4 Å². The standard InChI is InChI=1S/C17H18O4/c1-20-17(19)16-12-8-5-9-14(12)21-15(16)10-13(18)11-6-3-2-4-7-11/h2-7,9,12-14,18H,8,10H2,1H3/t12-,13?,14+/m0/s1. The third kappa shape index (κ3) is 2.59. The number of hydrogen-bond acceptors (Lipinski definition) is 4. The van der Waals surface area contributed by atoms with E-state index >= 15 is 0 Å². The molecule has 110 valence electrons. The van der Waals surface area contributed by atoms with E-state index in [2.05, 4.69) is 0 Å². The quantitative estimate of drug-likeness (QED) is 0.682. The van der Waals surface area contributed by atoms with Crippen LogP contribution in [0.3, 0.4) is 0 Å². The van der Waals surface area contributed by atoms with Crippen molar-refractivity contribution in [1.29, 1.82) is 0 Å². The Morgan fingerprint density at radius 2 is 2.19 bits per heavy atom. The first-order chi connectivity index (χ1) is 10.2. The first kappa shape index (κ1) is 13.9. The van der Waals surface area contributed by atoms with E-state index in [1.165, 1.54) is 7.11 Å². The van der Waals surface area contributed by atoms with Crippen LogP contribution in [0, 0.1) is 5.92 Å². The lowest BCUT2D eigenvalue weighted by molar-refractivity contribution is -0.136. The van der Waals surface area contributed by atoms with Gasteiger partial charge in [0.2, 0.25) is 0 Å². The average Bonchev–Trinajstić information content (AvgIpc) is 3.07. The first-order valence-corrected chi connectivity index (χ1v) is 7.08. The van der Waals surface area contributed by atoms with Crippen molar-refractivity contribution in [2.24, 2.45) is 5.92 Å². The second-order valence-corrected chi connectivity index (χ2v) is 5.31. The minimum Gasteiger partial charge on any atom is -0.489 e. The van der Waals surface area contributed by atoms with E-state index in [1.807, 2.05) is 42.5 Å². The van der Waals surface area contributed by atoms with Crippen LogP contribution in [0.4, 0.5) is 0 Å². The van der Waals surface area contributed by atoms with Crippen LogP contribution in [0.15, 0.2) is 53.8 Å². The molecule has 3 rings (SSSR count). The number of ether oxygens (including phenoxy) is 2. The van der Waals surface area contributed by atoms with E-state index < -0.39 is 6.10 Å². The fraction of sp³-hybridized carbons (Fsp3) is 0.353. The third-order valence-electron chi connectivity index (χ3n) is 4.03. The number of hydrogen-bond donors (Lipinski definition) is 1. The number of aliphatic hydroxyl groups is 1. The van der Waals surface area contributed by atoms with E-state index in [-0.39, 0.29) is 24.4 Å². The average molecular weight is 286 g/mol. The van der Waals surface area contributed by atoms with Gasteiger partial charge in [-0.25, -0.2) is 4.79 Å². The molecule has 2 aliphatic rings. The fourth-order valence-electron chi connectivity index (χ4n) is 2.97. The largest absolute Gasteiger partial charge is 0.489 e. The smallest absolute Gasteiger partial charge is 0.337 e. The molecule has 1 N–H and O–H groups in total. The number of carbonyl (C=O) groups is 1. The topological polar surface area (TPSA) is 55.8 Å². The van der Waals surface area contributed by atoms with Gasteiger partial charge in [0.25, 0.3) is 0 Å². The predicted molar refractivity (Wildman–Crippen MR) is 77.2 cm³/mol. The molecule has 1 aliphatic carbocycles. The predicted octanol–water partition coefficient (Wildman–Crippen LogP) is 2.51. The Morgan fingerprint density at radius 3 is 2.90 bits per heavy atom. The van der Waals surface area contributed by atoms with E-state index in [4.69, 9.17) is 9.47 Å². The maximum Gasteiger partial charge on any atom is 0.337 e. The summed E-state index contributed by atoms with van der Waals surface area (Å²) in [5, 5.41) is 10.3. The van der Waals surface area contributed by atoms with E-state index in [0.717, 1.165) is 12.0 Å². The van der Waals surface area contributed by atoms with Crippen LogP contribution in [-0.4, -0.2) is 24.3 Å². The molecule has 4 heteroatoms. The Labute approximate surface area is 123 Å². The molecule has 1 aromatic carbocycles. The van der Waals surface area contributed by atoms with Crippen molar-refractivity contribution in [3.8, 4) is 0 Å². The van der Waals surface area contributed by atoms with Crippen LogP contribution < -0.4 is 0 Å². The minimum atomic E-state index is -0.691. The molecule has 0 bridgehead atoms. The molecule has 0 spiro atoms. The Morgan fingerprint density at radius 1 is 1.43 bits per heavy atom. The summed E-state index contributed by atoms with van der Waals surface area (Å²) in [6, 6.07) is 9.37. The van der Waals surface area contributed by atoms with Gasteiger partial charge in [0.05, 0.1) is 18.8 Å². The lowest BCUT2D eigenvalue weighted by atomic mass is 9.94. The second kappa shape index (κ2) is 5.74. The molecular weight excluding hydrogens is 268 g/mol. The van der Waals surface area contributed by atoms with Crippen LogP contribution in [-0.2, 0) is 14.3 Å². The van der Waals surface area contributed by atoms with Gasteiger partial charge in [0, 0.05) is 12.3 Å². The van der Waals surface area contributed by atoms with Gasteiger partial charge in [0.15, 0.2) is 0 Å². The molecule has 3 atom stereocenters. The highest BCUT2D eigenvalue weighted by atomic mass is 16.5. The SMILES string of the molecule is COC(=O)C1=C(CC(O)c2ccccc2)O[C@@H]2C=CC[C@H]12. The van der Waals surface area contributed by atoms with Gasteiger partial charge >= 0.3 is 5.97 Å². The summed E-state index contributed by atoms with van der Waals surface area (Å²) in [7, 11) is 1.37.